The molecule has 0 aliphatic carbocycles. The van der Waals surface area contributed by atoms with Gasteiger partial charge in [-0.15, -0.1) is 0 Å². The maximum absolute atomic E-state index is 12.1. The highest BCUT2D eigenvalue weighted by molar-refractivity contribution is 7.52. The fourth-order valence-electron chi connectivity index (χ4n) is 3.63. The molecule has 0 bridgehead atoms. The number of Topliss-reactive ketones (excluding diaryl/α,β-unsaturated/α-hetero) is 1. The van der Waals surface area contributed by atoms with E-state index in [1.54, 1.807) is 0 Å². The summed E-state index contributed by atoms with van der Waals surface area (Å²) in [6, 6.07) is -0.813. The van der Waals surface area contributed by atoms with Crippen LogP contribution >= 0.6 is 7.60 Å². The van der Waals surface area contributed by atoms with Gasteiger partial charge in [0.1, 0.15) is 6.16 Å². The van der Waals surface area contributed by atoms with Crippen molar-refractivity contribution in [1.82, 2.24) is 5.32 Å². The van der Waals surface area contributed by atoms with Gasteiger partial charge in [-0.2, -0.15) is 0 Å². The topological polar surface area (TPSA) is 104 Å². The lowest BCUT2D eigenvalue weighted by Gasteiger charge is -2.20. The third-order valence-corrected chi connectivity index (χ3v) is 6.02. The Balaban J connectivity index is 3.83. The van der Waals surface area contributed by atoms with Crippen LogP contribution in [0, 0.1) is 5.92 Å². The molecule has 0 saturated carbocycles. The maximum atomic E-state index is 12.1. The van der Waals surface area contributed by atoms with Gasteiger partial charge in [0.15, 0.2) is 5.78 Å². The first kappa shape index (κ1) is 29.3. The maximum Gasteiger partial charge on any atom is 0.333 e. The molecule has 0 unspecified atom stereocenters. The summed E-state index contributed by atoms with van der Waals surface area (Å²) in [4.78, 5) is 42.3. The molecule has 1 atom stereocenters. The number of rotatable bonds is 20. The van der Waals surface area contributed by atoms with Gasteiger partial charge in [0.25, 0.3) is 0 Å². The summed E-state index contributed by atoms with van der Waals surface area (Å²) in [6.45, 7) is 6.07. The van der Waals surface area contributed by atoms with Gasteiger partial charge in [-0.3, -0.25) is 14.2 Å². The van der Waals surface area contributed by atoms with Crippen LogP contribution in [0.25, 0.3) is 0 Å². The quantitative estimate of drug-likeness (QED) is 0.163. The molecule has 0 aliphatic heterocycles. The van der Waals surface area contributed by atoms with E-state index in [4.69, 9.17) is 9.79 Å². The Hall–Kier alpha value is -0.710. The van der Waals surface area contributed by atoms with Crippen LogP contribution in [-0.2, 0) is 14.2 Å². The minimum absolute atomic E-state index is 0.146. The SMILES string of the molecule is CCCCCCCCCCCCCCCC(=O)N[C@@H](CC(C)C)C(=O)CP(=O)(O)O. The Labute approximate surface area is 184 Å². The molecule has 0 aromatic carbocycles. The zero-order valence-corrected chi connectivity index (χ0v) is 20.4. The fraction of sp³-hybridized carbons (Fsp3) is 0.913. The van der Waals surface area contributed by atoms with Crippen LogP contribution < -0.4 is 5.32 Å². The zero-order chi connectivity index (χ0) is 22.8. The number of amides is 1. The number of hydrogen-bond donors (Lipinski definition) is 3. The summed E-state index contributed by atoms with van der Waals surface area (Å²) in [5.41, 5.74) is 0. The van der Waals surface area contributed by atoms with E-state index in [1.165, 1.54) is 64.2 Å². The van der Waals surface area contributed by atoms with Crippen molar-refractivity contribution in [2.45, 2.75) is 123 Å². The van der Waals surface area contributed by atoms with E-state index in [-0.39, 0.29) is 11.8 Å². The average Bonchev–Trinajstić information content (AvgIpc) is 2.63. The average molecular weight is 448 g/mol. The minimum Gasteiger partial charge on any atom is -0.346 e. The number of carbonyl (C=O) groups excluding carboxylic acids is 2. The first-order chi connectivity index (χ1) is 14.2. The second kappa shape index (κ2) is 17.9. The van der Waals surface area contributed by atoms with Crippen molar-refractivity contribution in [3.63, 3.8) is 0 Å². The Bertz CT molecular complexity index is 504. The van der Waals surface area contributed by atoms with Crippen molar-refractivity contribution in [1.29, 1.82) is 0 Å². The molecule has 0 heterocycles. The minimum atomic E-state index is -4.41. The monoisotopic (exact) mass is 447 g/mol. The summed E-state index contributed by atoms with van der Waals surface area (Å²) in [7, 11) is -4.41. The van der Waals surface area contributed by atoms with E-state index in [9.17, 15) is 14.2 Å². The Morgan fingerprint density at radius 1 is 0.800 bits per heavy atom. The van der Waals surface area contributed by atoms with E-state index in [2.05, 4.69) is 12.2 Å². The molecule has 0 rings (SSSR count). The number of unbranched alkanes of at least 4 members (excludes halogenated alkanes) is 12. The standard InChI is InChI=1S/C23H46NO5P/c1-4-5-6-7-8-9-10-11-12-13-14-15-16-17-23(26)24-21(18-20(2)3)22(25)19-30(27,28)29/h20-21H,4-19H2,1-3H3,(H,24,26)(H2,27,28,29)/t21-/m0/s1. The third kappa shape index (κ3) is 19.3. The lowest BCUT2D eigenvalue weighted by atomic mass is 10.0. The van der Waals surface area contributed by atoms with Crippen molar-refractivity contribution in [2.75, 3.05) is 6.16 Å². The van der Waals surface area contributed by atoms with Crippen LogP contribution in [0.5, 0.6) is 0 Å². The first-order valence-electron chi connectivity index (χ1n) is 12.0. The lowest BCUT2D eigenvalue weighted by molar-refractivity contribution is -0.127. The molecule has 0 aliphatic rings. The van der Waals surface area contributed by atoms with Crippen LogP contribution in [0.15, 0.2) is 0 Å². The van der Waals surface area contributed by atoms with E-state index in [0.717, 1.165) is 19.3 Å². The first-order valence-corrected chi connectivity index (χ1v) is 13.8. The van der Waals surface area contributed by atoms with Gasteiger partial charge >= 0.3 is 7.60 Å². The fourth-order valence-corrected chi connectivity index (χ4v) is 4.25. The van der Waals surface area contributed by atoms with Crippen molar-refractivity contribution < 1.29 is 23.9 Å². The molecule has 3 N–H and O–H groups in total. The molecule has 178 valence electrons. The van der Waals surface area contributed by atoms with Gasteiger partial charge in [0.2, 0.25) is 5.91 Å². The number of nitrogens with one attached hydrogen (secondary N) is 1. The van der Waals surface area contributed by atoms with E-state index < -0.39 is 25.6 Å². The van der Waals surface area contributed by atoms with Gasteiger partial charge < -0.3 is 15.1 Å². The van der Waals surface area contributed by atoms with Gasteiger partial charge in [0, 0.05) is 6.42 Å². The van der Waals surface area contributed by atoms with Crippen molar-refractivity contribution in [3.8, 4) is 0 Å². The third-order valence-electron chi connectivity index (χ3n) is 5.30. The van der Waals surface area contributed by atoms with E-state index >= 15 is 0 Å². The summed E-state index contributed by atoms with van der Waals surface area (Å²) >= 11 is 0. The van der Waals surface area contributed by atoms with Gasteiger partial charge in [-0.1, -0.05) is 97.8 Å². The molecular formula is C23H46NO5P. The predicted molar refractivity (Wildman–Crippen MR) is 124 cm³/mol. The van der Waals surface area contributed by atoms with E-state index in [1.807, 2.05) is 13.8 Å². The second-order valence-corrected chi connectivity index (χ2v) is 10.7. The lowest BCUT2D eigenvalue weighted by Crippen LogP contribution is -2.42. The Morgan fingerprint density at radius 3 is 1.63 bits per heavy atom. The molecule has 0 fully saturated rings. The van der Waals surface area contributed by atoms with Crippen LogP contribution in [0.2, 0.25) is 0 Å². The number of hydrogen-bond acceptors (Lipinski definition) is 3. The molecule has 1 amide bonds. The van der Waals surface area contributed by atoms with Gasteiger partial charge in [-0.05, 0) is 18.8 Å². The van der Waals surface area contributed by atoms with Crippen LogP contribution in [-0.4, -0.2) is 33.7 Å². The molecule has 0 aromatic heterocycles. The summed E-state index contributed by atoms with van der Waals surface area (Å²) in [6.07, 6.45) is 16.0. The van der Waals surface area contributed by atoms with Crippen LogP contribution in [0.1, 0.15) is 117 Å². The summed E-state index contributed by atoms with van der Waals surface area (Å²) in [5.74, 6) is -0.647. The Kier molecular flexibility index (Phi) is 17.5. The number of carbonyl (C=O) groups is 2. The highest BCUT2D eigenvalue weighted by Gasteiger charge is 2.27. The van der Waals surface area contributed by atoms with Gasteiger partial charge in [0.05, 0.1) is 6.04 Å². The van der Waals surface area contributed by atoms with E-state index in [0.29, 0.717) is 12.8 Å². The molecule has 0 aromatic rings. The van der Waals surface area contributed by atoms with Gasteiger partial charge in [-0.25, -0.2) is 0 Å². The van der Waals surface area contributed by atoms with Crippen LogP contribution in [0.4, 0.5) is 0 Å². The van der Waals surface area contributed by atoms with Crippen LogP contribution in [0.3, 0.4) is 0 Å². The zero-order valence-electron chi connectivity index (χ0n) is 19.5. The molecule has 6 nitrogen and oxygen atoms in total. The highest BCUT2D eigenvalue weighted by atomic mass is 31.2. The molecule has 0 radical (unpaired) electrons. The Morgan fingerprint density at radius 2 is 1.23 bits per heavy atom. The molecule has 30 heavy (non-hydrogen) atoms. The second-order valence-electron chi connectivity index (χ2n) is 9.03. The molecular weight excluding hydrogens is 401 g/mol. The van der Waals surface area contributed by atoms with Crippen molar-refractivity contribution >= 4 is 19.3 Å². The largest absolute Gasteiger partial charge is 0.346 e. The smallest absolute Gasteiger partial charge is 0.333 e. The normalized spacial score (nSPS) is 12.9. The summed E-state index contributed by atoms with van der Waals surface area (Å²) < 4.78 is 11.1. The molecule has 0 saturated heterocycles. The van der Waals surface area contributed by atoms with Crippen molar-refractivity contribution in [2.24, 2.45) is 5.92 Å². The molecule has 0 spiro atoms. The highest BCUT2D eigenvalue weighted by Crippen LogP contribution is 2.34. The molecule has 7 heteroatoms. The predicted octanol–water partition coefficient (Wildman–Crippen LogP) is 5.75. The summed E-state index contributed by atoms with van der Waals surface area (Å²) in [5, 5.41) is 2.68. The number of ketones is 1. The van der Waals surface area contributed by atoms with Crippen molar-refractivity contribution in [3.05, 3.63) is 0 Å².